The van der Waals surface area contributed by atoms with Gasteiger partial charge in [0.25, 0.3) is 5.84 Å². The number of hydrogen-bond donors (Lipinski definition) is 2. The second-order valence-electron chi connectivity index (χ2n) is 10.6. The van der Waals surface area contributed by atoms with E-state index in [2.05, 4.69) is 47.5 Å². The molecule has 5 rings (SSSR count). The number of aliphatic imine (C=N–C) groups is 2. The first-order valence-corrected chi connectivity index (χ1v) is 13.4. The van der Waals surface area contributed by atoms with E-state index in [1.54, 1.807) is 6.20 Å². The van der Waals surface area contributed by atoms with Crippen LogP contribution in [0.2, 0.25) is 0 Å². The van der Waals surface area contributed by atoms with Crippen molar-refractivity contribution in [3.05, 3.63) is 89.5 Å². The van der Waals surface area contributed by atoms with Gasteiger partial charge < -0.3 is 15.0 Å². The largest absolute Gasteiger partial charge is 0.489 e. The molecule has 2 aliphatic heterocycles. The van der Waals surface area contributed by atoms with Crippen LogP contribution >= 0.6 is 0 Å². The molecule has 3 aliphatic rings. The molecule has 2 aromatic carbocycles. The number of hydrogen-bond acceptors (Lipinski definition) is 6. The number of fused-ring (bicyclic) bond motifs is 1. The molecule has 0 radical (unpaired) electrons. The minimum atomic E-state index is 0.0625. The predicted octanol–water partition coefficient (Wildman–Crippen LogP) is 4.44. The Kier molecular flexibility index (Phi) is 7.96. The highest BCUT2D eigenvalue weighted by Gasteiger charge is 2.46. The number of nitrogens with two attached hydrogens (primary N) is 1. The van der Waals surface area contributed by atoms with Gasteiger partial charge in [0.2, 0.25) is 5.70 Å². The minimum absolute atomic E-state index is 0.0625. The van der Waals surface area contributed by atoms with Gasteiger partial charge in [-0.05, 0) is 76.0 Å². The fraction of sp³-hybridized carbons (Fsp3) is 0.400. The van der Waals surface area contributed by atoms with Crippen molar-refractivity contribution >= 4 is 12.1 Å². The number of allylic oxidation sites excluding steroid dienone is 2. The van der Waals surface area contributed by atoms with Crippen molar-refractivity contribution in [1.29, 1.82) is 0 Å². The van der Waals surface area contributed by atoms with E-state index in [-0.39, 0.29) is 4.59 Å². The summed E-state index contributed by atoms with van der Waals surface area (Å²) in [6.45, 7) is 3.73. The van der Waals surface area contributed by atoms with Crippen molar-refractivity contribution in [2.24, 2.45) is 27.7 Å². The molecule has 0 amide bonds. The zero-order valence-electron chi connectivity index (χ0n) is 22.0. The molecular weight excluding hydrogens is 460 g/mol. The third-order valence-electron chi connectivity index (χ3n) is 7.57. The second-order valence-corrected chi connectivity index (χ2v) is 10.6. The van der Waals surface area contributed by atoms with Crippen molar-refractivity contribution in [3.63, 3.8) is 0 Å². The van der Waals surface area contributed by atoms with Crippen LogP contribution in [0.4, 0.5) is 0 Å². The van der Waals surface area contributed by atoms with Gasteiger partial charge in [0.1, 0.15) is 24.3 Å². The van der Waals surface area contributed by atoms with Crippen molar-refractivity contribution in [3.8, 4) is 5.75 Å². The fourth-order valence-corrected chi connectivity index (χ4v) is 5.42. The molecule has 7 nitrogen and oxygen atoms in total. The monoisotopic (exact) mass is 499 g/mol. The maximum atomic E-state index is 7.00. The maximum absolute atomic E-state index is 7.00. The van der Waals surface area contributed by atoms with E-state index in [1.807, 2.05) is 48.8 Å². The fourth-order valence-electron chi connectivity index (χ4n) is 5.42. The molecule has 37 heavy (non-hydrogen) atoms. The number of likely N-dealkylation sites (N-methyl/N-ethyl adjacent to an activating group) is 1. The van der Waals surface area contributed by atoms with Crippen LogP contribution < -0.4 is 15.9 Å². The SMILES string of the molecule is CN(C)CCNCC1CCC(C2=C3C=NC=C[N+]3(N)C(c3cccc(OCc4ccccc4)c3)=N2)CC1. The predicted molar refractivity (Wildman–Crippen MR) is 150 cm³/mol. The van der Waals surface area contributed by atoms with E-state index >= 15 is 0 Å². The van der Waals surface area contributed by atoms with Gasteiger partial charge in [0.15, 0.2) is 0 Å². The van der Waals surface area contributed by atoms with Crippen molar-refractivity contribution in [2.45, 2.75) is 32.3 Å². The lowest BCUT2D eigenvalue weighted by Gasteiger charge is -2.29. The normalized spacial score (nSPS) is 24.9. The summed E-state index contributed by atoms with van der Waals surface area (Å²) in [5.74, 6) is 9.76. The molecule has 1 saturated carbocycles. The molecule has 1 fully saturated rings. The van der Waals surface area contributed by atoms with Crippen LogP contribution in [-0.4, -0.2) is 55.3 Å². The standard InChI is InChI=1S/C30H39N6O/c1-35(2)17-15-32-20-23-11-13-25(14-12-23)29-28-21-33-16-18-36(28,31)30(34-29)26-9-6-10-27(19-26)37-22-24-7-4-3-5-8-24/h3-10,16,18-19,21,23,25,32H,11-15,17,20,22,31H2,1-2H3/q+1. The van der Waals surface area contributed by atoms with Gasteiger partial charge in [-0.1, -0.05) is 36.4 Å². The lowest BCUT2D eigenvalue weighted by atomic mass is 9.80. The molecule has 194 valence electrons. The number of ether oxygens (including phenoxy) is 1. The Morgan fingerprint density at radius 3 is 2.65 bits per heavy atom. The van der Waals surface area contributed by atoms with Crippen LogP contribution in [0.1, 0.15) is 36.8 Å². The lowest BCUT2D eigenvalue weighted by molar-refractivity contribution is -0.750. The Labute approximate surface area is 220 Å². The highest BCUT2D eigenvalue weighted by atomic mass is 16.5. The van der Waals surface area contributed by atoms with Gasteiger partial charge in [-0.3, -0.25) is 4.99 Å². The van der Waals surface area contributed by atoms with Crippen LogP contribution in [0, 0.1) is 11.8 Å². The Balaban J connectivity index is 1.29. The number of nitrogens with zero attached hydrogens (tertiary/aromatic N) is 4. The van der Waals surface area contributed by atoms with Gasteiger partial charge in [-0.2, -0.15) is 10.8 Å². The number of quaternary nitrogens is 1. The first-order chi connectivity index (χ1) is 18.0. The summed E-state index contributed by atoms with van der Waals surface area (Å²) in [6.07, 6.45) is 10.3. The summed E-state index contributed by atoms with van der Waals surface area (Å²) in [5.41, 5.74) is 4.19. The summed E-state index contributed by atoms with van der Waals surface area (Å²) in [7, 11) is 4.23. The smallest absolute Gasteiger partial charge is 0.265 e. The van der Waals surface area contributed by atoms with E-state index in [0.29, 0.717) is 12.5 Å². The number of amidine groups is 1. The molecule has 0 bridgehead atoms. The first kappa shape index (κ1) is 25.5. The van der Waals surface area contributed by atoms with Crippen molar-refractivity contribution in [2.75, 3.05) is 33.7 Å². The molecule has 0 spiro atoms. The Hall–Kier alpha value is -3.10. The number of nitrogens with one attached hydrogen (secondary N) is 1. The molecule has 1 aliphatic carbocycles. The highest BCUT2D eigenvalue weighted by Crippen LogP contribution is 2.41. The van der Waals surface area contributed by atoms with E-state index in [0.717, 1.165) is 72.5 Å². The summed E-state index contributed by atoms with van der Waals surface area (Å²) >= 11 is 0. The summed E-state index contributed by atoms with van der Waals surface area (Å²) in [4.78, 5) is 11.8. The average Bonchev–Trinajstić information content (AvgIpc) is 3.24. The van der Waals surface area contributed by atoms with Crippen LogP contribution in [0.3, 0.4) is 0 Å². The zero-order chi connectivity index (χ0) is 25.7. The summed E-state index contributed by atoms with van der Waals surface area (Å²) in [5, 5.41) is 3.63. The van der Waals surface area contributed by atoms with Gasteiger partial charge in [-0.15, -0.1) is 4.59 Å². The third-order valence-corrected chi connectivity index (χ3v) is 7.57. The number of rotatable bonds is 10. The molecule has 2 heterocycles. The van der Waals surface area contributed by atoms with E-state index in [9.17, 15) is 0 Å². The van der Waals surface area contributed by atoms with Gasteiger partial charge in [-0.25, -0.2) is 0 Å². The molecule has 7 heteroatoms. The molecule has 1 atom stereocenters. The first-order valence-electron chi connectivity index (χ1n) is 13.4. The summed E-state index contributed by atoms with van der Waals surface area (Å²) in [6, 6.07) is 18.3. The minimum Gasteiger partial charge on any atom is -0.489 e. The van der Waals surface area contributed by atoms with Gasteiger partial charge >= 0.3 is 0 Å². The number of benzene rings is 2. The van der Waals surface area contributed by atoms with E-state index in [4.69, 9.17) is 15.6 Å². The molecule has 1 unspecified atom stereocenters. The topological polar surface area (TPSA) is 75.2 Å². The molecular formula is C30H39N6O+. The molecule has 3 N–H and O–H groups in total. The van der Waals surface area contributed by atoms with Gasteiger partial charge in [0, 0.05) is 19.0 Å². The maximum Gasteiger partial charge on any atom is 0.265 e. The highest BCUT2D eigenvalue weighted by molar-refractivity contribution is 6.00. The van der Waals surface area contributed by atoms with E-state index < -0.39 is 0 Å². The van der Waals surface area contributed by atoms with E-state index in [1.165, 1.54) is 12.8 Å². The Bertz CT molecular complexity index is 1190. The lowest BCUT2D eigenvalue weighted by Crippen LogP contribution is -2.53. The van der Waals surface area contributed by atoms with Crippen molar-refractivity contribution < 1.29 is 9.33 Å². The van der Waals surface area contributed by atoms with Gasteiger partial charge in [0.05, 0.1) is 18.0 Å². The van der Waals surface area contributed by atoms with Crippen LogP contribution in [0.25, 0.3) is 0 Å². The molecule has 2 aromatic rings. The Morgan fingerprint density at radius 1 is 1.05 bits per heavy atom. The van der Waals surface area contributed by atoms with Crippen molar-refractivity contribution in [1.82, 2.24) is 10.2 Å². The molecule has 0 saturated heterocycles. The van der Waals surface area contributed by atoms with Crippen LogP contribution in [0.15, 0.2) is 88.4 Å². The van der Waals surface area contributed by atoms with Crippen LogP contribution in [-0.2, 0) is 6.61 Å². The summed E-state index contributed by atoms with van der Waals surface area (Å²) < 4.78 is 6.16. The van der Waals surface area contributed by atoms with Crippen LogP contribution in [0.5, 0.6) is 5.75 Å². The quantitative estimate of drug-likeness (QED) is 0.288. The Morgan fingerprint density at radius 2 is 1.86 bits per heavy atom. The molecule has 0 aromatic heterocycles. The zero-order valence-corrected chi connectivity index (χ0v) is 22.0. The second kappa shape index (κ2) is 11.5. The average molecular weight is 500 g/mol. The third kappa shape index (κ3) is 5.91.